The number of carbonyl (C=O) groups is 1. The van der Waals surface area contributed by atoms with Crippen molar-refractivity contribution < 1.29 is 28.5 Å². The number of hydrogen-bond acceptors (Lipinski definition) is 7. The average molecular weight is 364 g/mol. The van der Waals surface area contributed by atoms with E-state index in [-0.39, 0.29) is 35.7 Å². The third kappa shape index (κ3) is 5.15. The zero-order valence-electron chi connectivity index (χ0n) is 15.2. The Bertz CT molecular complexity index is 807. The number of hydrogen-bond donors (Lipinski definition) is 1. The van der Waals surface area contributed by atoms with E-state index in [9.17, 15) is 14.7 Å². The van der Waals surface area contributed by atoms with Crippen LogP contribution in [-0.4, -0.2) is 30.9 Å². The van der Waals surface area contributed by atoms with Gasteiger partial charge in [0, 0.05) is 6.92 Å². The molecule has 0 aliphatic carbocycles. The van der Waals surface area contributed by atoms with E-state index in [1.54, 1.807) is 18.2 Å². The Hall–Kier alpha value is -2.70. The van der Waals surface area contributed by atoms with Crippen molar-refractivity contribution in [2.75, 3.05) is 19.8 Å². The van der Waals surface area contributed by atoms with Gasteiger partial charge in [0.2, 0.25) is 5.75 Å². The SMILES string of the molecule is CC(=O)OCCOc1cccc2oc(=O)c(OCCCC(C)C)c(O)c12. The lowest BCUT2D eigenvalue weighted by Crippen LogP contribution is -2.11. The first-order valence-electron chi connectivity index (χ1n) is 8.58. The monoisotopic (exact) mass is 364 g/mol. The Morgan fingerprint density at radius 1 is 1.19 bits per heavy atom. The maximum atomic E-state index is 12.1. The molecule has 0 atom stereocenters. The number of esters is 1. The molecule has 1 aromatic carbocycles. The van der Waals surface area contributed by atoms with Crippen LogP contribution in [0, 0.1) is 5.92 Å². The fraction of sp³-hybridized carbons (Fsp3) is 0.474. The highest BCUT2D eigenvalue weighted by atomic mass is 16.6. The van der Waals surface area contributed by atoms with Crippen molar-refractivity contribution in [2.24, 2.45) is 5.92 Å². The lowest BCUT2D eigenvalue weighted by atomic mass is 10.1. The first-order chi connectivity index (χ1) is 12.4. The molecule has 142 valence electrons. The van der Waals surface area contributed by atoms with E-state index in [0.29, 0.717) is 18.3 Å². The molecule has 0 saturated heterocycles. The minimum absolute atomic E-state index is 0.0713. The number of benzene rings is 1. The van der Waals surface area contributed by atoms with Gasteiger partial charge < -0.3 is 23.7 Å². The van der Waals surface area contributed by atoms with E-state index in [1.807, 2.05) is 0 Å². The summed E-state index contributed by atoms with van der Waals surface area (Å²) in [6.45, 7) is 5.98. The lowest BCUT2D eigenvalue weighted by Gasteiger charge is -2.12. The van der Waals surface area contributed by atoms with E-state index in [1.165, 1.54) is 6.92 Å². The van der Waals surface area contributed by atoms with Crippen molar-refractivity contribution in [1.82, 2.24) is 0 Å². The summed E-state index contributed by atoms with van der Waals surface area (Å²) in [5.74, 6) is -0.112. The zero-order chi connectivity index (χ0) is 19.1. The Morgan fingerprint density at radius 3 is 2.65 bits per heavy atom. The third-order valence-electron chi connectivity index (χ3n) is 3.65. The molecule has 0 amide bonds. The molecule has 0 saturated carbocycles. The van der Waals surface area contributed by atoms with Gasteiger partial charge >= 0.3 is 11.6 Å². The van der Waals surface area contributed by atoms with Gasteiger partial charge in [-0.2, -0.15) is 0 Å². The van der Waals surface area contributed by atoms with Crippen LogP contribution in [0.3, 0.4) is 0 Å². The summed E-state index contributed by atoms with van der Waals surface area (Å²) in [5, 5.41) is 10.8. The summed E-state index contributed by atoms with van der Waals surface area (Å²) in [6.07, 6.45) is 1.71. The van der Waals surface area contributed by atoms with Crippen molar-refractivity contribution in [3.8, 4) is 17.2 Å². The topological polar surface area (TPSA) is 95.2 Å². The number of rotatable bonds is 9. The van der Waals surface area contributed by atoms with Gasteiger partial charge in [-0.05, 0) is 30.9 Å². The molecule has 7 nitrogen and oxygen atoms in total. The molecule has 7 heteroatoms. The molecule has 1 heterocycles. The molecule has 1 N–H and O–H groups in total. The van der Waals surface area contributed by atoms with E-state index >= 15 is 0 Å². The van der Waals surface area contributed by atoms with Crippen molar-refractivity contribution in [3.05, 3.63) is 28.6 Å². The Kier molecular flexibility index (Phi) is 6.89. The van der Waals surface area contributed by atoms with Gasteiger partial charge in [-0.25, -0.2) is 4.79 Å². The smallest absolute Gasteiger partial charge is 0.383 e. The van der Waals surface area contributed by atoms with Crippen LogP contribution in [0.15, 0.2) is 27.4 Å². The van der Waals surface area contributed by atoms with Crippen LogP contribution >= 0.6 is 0 Å². The second kappa shape index (κ2) is 9.12. The van der Waals surface area contributed by atoms with Crippen molar-refractivity contribution in [1.29, 1.82) is 0 Å². The van der Waals surface area contributed by atoms with Gasteiger partial charge in [-0.15, -0.1) is 0 Å². The highest BCUT2D eigenvalue weighted by molar-refractivity contribution is 5.91. The molecule has 2 aromatic rings. The molecule has 26 heavy (non-hydrogen) atoms. The lowest BCUT2D eigenvalue weighted by molar-refractivity contribution is -0.141. The predicted octanol–water partition coefficient (Wildman–Crippen LogP) is 3.26. The quantitative estimate of drug-likeness (QED) is 0.414. The molecule has 0 bridgehead atoms. The van der Waals surface area contributed by atoms with Crippen LogP contribution in [0.2, 0.25) is 0 Å². The van der Waals surface area contributed by atoms with Crippen LogP contribution in [0.4, 0.5) is 0 Å². The number of fused-ring (bicyclic) bond motifs is 1. The minimum Gasteiger partial charge on any atom is -0.503 e. The largest absolute Gasteiger partial charge is 0.503 e. The minimum atomic E-state index is -0.739. The maximum Gasteiger partial charge on any atom is 0.383 e. The van der Waals surface area contributed by atoms with Crippen LogP contribution in [-0.2, 0) is 9.53 Å². The number of carbonyl (C=O) groups excluding carboxylic acids is 1. The molecule has 1 aromatic heterocycles. The molecule has 0 aliphatic rings. The summed E-state index contributed by atoms with van der Waals surface area (Å²) in [4.78, 5) is 22.9. The normalized spacial score (nSPS) is 10.9. The van der Waals surface area contributed by atoms with Gasteiger partial charge in [0.25, 0.3) is 0 Å². The molecule has 0 spiro atoms. The van der Waals surface area contributed by atoms with Gasteiger partial charge in [-0.1, -0.05) is 19.9 Å². The summed E-state index contributed by atoms with van der Waals surface area (Å²) in [6, 6.07) is 4.81. The number of aromatic hydroxyl groups is 1. The van der Waals surface area contributed by atoms with Crippen LogP contribution in [0.25, 0.3) is 11.0 Å². The molecule has 2 rings (SSSR count). The molecular formula is C19H24O7. The maximum absolute atomic E-state index is 12.1. The standard InChI is InChI=1S/C19H24O7/c1-12(2)6-5-9-25-18-17(21)16-14(24-11-10-23-13(3)20)7-4-8-15(16)26-19(18)22/h4,7-8,12,21H,5-6,9-11H2,1-3H3. The fourth-order valence-corrected chi connectivity index (χ4v) is 2.44. The van der Waals surface area contributed by atoms with E-state index in [0.717, 1.165) is 12.8 Å². The Labute approximate surface area is 151 Å². The first kappa shape index (κ1) is 19.6. The second-order valence-electron chi connectivity index (χ2n) is 6.27. The van der Waals surface area contributed by atoms with Gasteiger partial charge in [-0.3, -0.25) is 4.79 Å². The number of ether oxygens (including phenoxy) is 3. The van der Waals surface area contributed by atoms with Crippen molar-refractivity contribution in [2.45, 2.75) is 33.6 Å². The molecule has 0 aliphatic heterocycles. The summed E-state index contributed by atoms with van der Waals surface area (Å²) >= 11 is 0. The highest BCUT2D eigenvalue weighted by Gasteiger charge is 2.19. The highest BCUT2D eigenvalue weighted by Crippen LogP contribution is 2.37. The second-order valence-corrected chi connectivity index (χ2v) is 6.27. The molecule has 0 fully saturated rings. The Balaban J connectivity index is 2.21. The molecule has 0 unspecified atom stereocenters. The predicted molar refractivity (Wildman–Crippen MR) is 95.8 cm³/mol. The van der Waals surface area contributed by atoms with Crippen molar-refractivity contribution >= 4 is 16.9 Å². The van der Waals surface area contributed by atoms with E-state index in [2.05, 4.69) is 13.8 Å². The van der Waals surface area contributed by atoms with Crippen LogP contribution < -0.4 is 15.1 Å². The van der Waals surface area contributed by atoms with E-state index in [4.69, 9.17) is 18.6 Å². The summed E-state index contributed by atoms with van der Waals surface area (Å²) in [7, 11) is 0. The Morgan fingerprint density at radius 2 is 1.96 bits per heavy atom. The van der Waals surface area contributed by atoms with Gasteiger partial charge in [0.05, 0.1) is 6.61 Å². The molecular weight excluding hydrogens is 340 g/mol. The van der Waals surface area contributed by atoms with Gasteiger partial charge in [0.1, 0.15) is 29.9 Å². The molecule has 0 radical (unpaired) electrons. The fourth-order valence-electron chi connectivity index (χ4n) is 2.44. The summed E-state index contributed by atoms with van der Waals surface area (Å²) < 4.78 is 21.0. The summed E-state index contributed by atoms with van der Waals surface area (Å²) in [5.41, 5.74) is -0.552. The van der Waals surface area contributed by atoms with E-state index < -0.39 is 11.6 Å². The zero-order valence-corrected chi connectivity index (χ0v) is 15.2. The average Bonchev–Trinajstić information content (AvgIpc) is 2.57. The first-order valence-corrected chi connectivity index (χ1v) is 8.58. The third-order valence-corrected chi connectivity index (χ3v) is 3.65. The van der Waals surface area contributed by atoms with Gasteiger partial charge in [0.15, 0.2) is 5.75 Å². The van der Waals surface area contributed by atoms with Crippen molar-refractivity contribution in [3.63, 3.8) is 0 Å². The van der Waals surface area contributed by atoms with Crippen LogP contribution in [0.5, 0.6) is 17.2 Å². The van der Waals surface area contributed by atoms with Crippen LogP contribution in [0.1, 0.15) is 33.6 Å².